The molecule has 0 radical (unpaired) electrons. The predicted molar refractivity (Wildman–Crippen MR) is 303 cm³/mol. The Morgan fingerprint density at radius 3 is 2.39 bits per heavy atom. The number of nitrogens with one attached hydrogen (secondary N) is 2. The number of piperidine rings is 1. The van der Waals surface area contributed by atoms with Crippen LogP contribution in [0.2, 0.25) is 0 Å². The van der Waals surface area contributed by atoms with Crippen LogP contribution in [0.15, 0.2) is 91.0 Å². The molecule has 3 amide bonds. The molecule has 0 bridgehead atoms. The number of nitrogens with zero attached hydrogens (tertiary/aromatic N) is 7. The minimum atomic E-state index is -0.731. The second-order valence-electron chi connectivity index (χ2n) is 22.3. The Balaban J connectivity index is 0.684. The molecule has 1 atom stereocenters. The lowest BCUT2D eigenvalue weighted by molar-refractivity contribution is -0.134. The van der Waals surface area contributed by atoms with Gasteiger partial charge in [0.2, 0.25) is 11.8 Å². The molecule has 1 saturated carbocycles. The number of imide groups is 1. The molecule has 2 saturated heterocycles. The van der Waals surface area contributed by atoms with Crippen molar-refractivity contribution in [1.29, 1.82) is 0 Å². The number of piperazine rings is 1. The van der Waals surface area contributed by atoms with Crippen LogP contribution in [0.4, 0.5) is 16.6 Å². The number of anilines is 3. The molecule has 11 rings (SSSR count). The molecule has 4 aromatic carbocycles. The third-order valence-electron chi connectivity index (χ3n) is 16.0. The standard InChI is InChI=1S/C61H69N9O6S/c1-38-42(43-26-28-52(63-55(43)59(74)76-61(2,3)4)70-32-30-40-14-10-16-44(47(40)37-70)57(72)65-60-62-48-18-6-7-21-51(48)77-60)15-12-20-50(38)75-41-24-22-39(23-25-41)13-8-9-31-68-33-35-69(36-34-68)49-19-11-17-45-54(66-67(5)56(45)49)46-27-29-53(71)64-58(46)73/h6-7,10-12,14-21,26,28,39,41,46H,8-9,13,22-25,27,29-37H2,1-5H3,(H,62,65,72)(H,64,71,73)/t39-,41-,46?. The average molecular weight is 1060 g/mol. The third-order valence-corrected chi connectivity index (χ3v) is 16.9. The first-order valence-corrected chi connectivity index (χ1v) is 28.3. The lowest BCUT2D eigenvalue weighted by Gasteiger charge is -2.36. The number of para-hydroxylation sites is 2. The minimum absolute atomic E-state index is 0.124. The molecule has 3 aromatic heterocycles. The van der Waals surface area contributed by atoms with Crippen LogP contribution >= 0.6 is 11.3 Å². The number of aryl methyl sites for hydroxylation is 1. The number of amides is 3. The van der Waals surface area contributed by atoms with Gasteiger partial charge in [0.15, 0.2) is 10.8 Å². The van der Waals surface area contributed by atoms with Crippen LogP contribution in [0.25, 0.3) is 32.2 Å². The molecule has 6 heterocycles. The molecule has 16 heteroatoms. The summed E-state index contributed by atoms with van der Waals surface area (Å²) in [5.41, 5.74) is 8.48. The zero-order valence-electron chi connectivity index (χ0n) is 44.9. The van der Waals surface area contributed by atoms with Gasteiger partial charge in [0, 0.05) is 69.3 Å². The van der Waals surface area contributed by atoms with Crippen LogP contribution < -0.4 is 25.2 Å². The Morgan fingerprint density at radius 1 is 0.805 bits per heavy atom. The Hall–Kier alpha value is -7.17. The minimum Gasteiger partial charge on any atom is -0.490 e. The molecule has 3 fully saturated rings. The van der Waals surface area contributed by atoms with Gasteiger partial charge in [-0.2, -0.15) is 5.10 Å². The van der Waals surface area contributed by atoms with E-state index in [4.69, 9.17) is 19.6 Å². The first-order chi connectivity index (χ1) is 37.2. The van der Waals surface area contributed by atoms with Crippen LogP contribution in [0.1, 0.15) is 128 Å². The van der Waals surface area contributed by atoms with Crippen LogP contribution in [-0.2, 0) is 34.3 Å². The number of fused-ring (bicyclic) bond motifs is 3. The van der Waals surface area contributed by atoms with Crippen LogP contribution in [0, 0.1) is 12.8 Å². The monoisotopic (exact) mass is 1060 g/mol. The van der Waals surface area contributed by atoms with Gasteiger partial charge < -0.3 is 19.3 Å². The second-order valence-corrected chi connectivity index (χ2v) is 23.4. The SMILES string of the molecule is Cc1c(O[C@H]2CC[C@H](CCCCN3CCN(c4cccc5c(C6CCC(=O)NC6=O)nn(C)c45)CC3)CC2)cccc1-c1ccc(N2CCc3cccc(C(=O)Nc4nc5ccccc5s4)c3C2)nc1C(=O)OC(C)(C)C. The number of esters is 1. The molecule has 4 aliphatic rings. The summed E-state index contributed by atoms with van der Waals surface area (Å²) in [5.74, 6) is 0.586. The normalized spacial score (nSPS) is 19.3. The van der Waals surface area contributed by atoms with Gasteiger partial charge in [-0.3, -0.25) is 34.6 Å². The molecular weight excluding hydrogens is 987 g/mol. The molecule has 77 heavy (non-hydrogen) atoms. The maximum atomic E-state index is 14.1. The van der Waals surface area contributed by atoms with E-state index >= 15 is 0 Å². The summed E-state index contributed by atoms with van der Waals surface area (Å²) >= 11 is 1.45. The summed E-state index contributed by atoms with van der Waals surface area (Å²) in [4.78, 5) is 69.4. The number of rotatable bonds is 14. The van der Waals surface area contributed by atoms with Gasteiger partial charge >= 0.3 is 5.97 Å². The van der Waals surface area contributed by atoms with Crippen molar-refractivity contribution >= 4 is 72.8 Å². The highest BCUT2D eigenvalue weighted by Crippen LogP contribution is 2.39. The molecule has 3 aliphatic heterocycles. The van der Waals surface area contributed by atoms with Crippen LogP contribution in [0.3, 0.4) is 0 Å². The van der Waals surface area contributed by atoms with Crippen LogP contribution in [0.5, 0.6) is 5.75 Å². The molecule has 7 aromatic rings. The average Bonchev–Trinajstić information content (AvgIpc) is 4.11. The van der Waals surface area contributed by atoms with Crippen molar-refractivity contribution in [2.24, 2.45) is 13.0 Å². The lowest BCUT2D eigenvalue weighted by Crippen LogP contribution is -2.46. The Kier molecular flexibility index (Phi) is 14.9. The van der Waals surface area contributed by atoms with E-state index in [-0.39, 0.29) is 29.5 Å². The van der Waals surface area contributed by atoms with Crippen molar-refractivity contribution in [2.45, 2.75) is 116 Å². The van der Waals surface area contributed by atoms with E-state index < -0.39 is 17.5 Å². The maximum absolute atomic E-state index is 14.1. The molecular formula is C61H69N9O6S. The maximum Gasteiger partial charge on any atom is 0.358 e. The largest absolute Gasteiger partial charge is 0.490 e. The number of aromatic nitrogens is 4. The number of thiazole rings is 1. The Bertz CT molecular complexity index is 3330. The summed E-state index contributed by atoms with van der Waals surface area (Å²) in [6, 6.07) is 30.0. The van der Waals surface area contributed by atoms with E-state index in [0.29, 0.717) is 53.9 Å². The Labute approximate surface area is 454 Å². The van der Waals surface area contributed by atoms with E-state index in [1.807, 2.05) is 105 Å². The number of benzene rings is 4. The third kappa shape index (κ3) is 11.3. The fourth-order valence-corrected chi connectivity index (χ4v) is 12.8. The zero-order chi connectivity index (χ0) is 53.4. The summed E-state index contributed by atoms with van der Waals surface area (Å²) in [6.45, 7) is 13.8. The molecule has 2 N–H and O–H groups in total. The van der Waals surface area contributed by atoms with E-state index in [9.17, 15) is 19.2 Å². The van der Waals surface area contributed by atoms with Gasteiger partial charge in [0.1, 0.15) is 17.2 Å². The summed E-state index contributed by atoms with van der Waals surface area (Å²) < 4.78 is 15.7. The van der Waals surface area contributed by atoms with Crippen molar-refractivity contribution in [3.05, 3.63) is 125 Å². The number of pyridine rings is 1. The summed E-state index contributed by atoms with van der Waals surface area (Å²) in [6.07, 6.45) is 9.63. The summed E-state index contributed by atoms with van der Waals surface area (Å²) in [7, 11) is 1.95. The van der Waals surface area contributed by atoms with Crippen molar-refractivity contribution in [3.63, 3.8) is 0 Å². The number of unbranched alkanes of at least 4 members (excludes halogenated alkanes) is 1. The number of carbonyl (C=O) groups excluding carboxylic acids is 4. The smallest absolute Gasteiger partial charge is 0.358 e. The molecule has 15 nitrogen and oxygen atoms in total. The second kappa shape index (κ2) is 22.1. The quantitative estimate of drug-likeness (QED) is 0.0603. The highest BCUT2D eigenvalue weighted by Gasteiger charge is 2.34. The van der Waals surface area contributed by atoms with Gasteiger partial charge in [-0.1, -0.05) is 72.7 Å². The van der Waals surface area contributed by atoms with Gasteiger partial charge in [0.05, 0.1) is 39.1 Å². The highest BCUT2D eigenvalue weighted by molar-refractivity contribution is 7.22. The number of carbonyl (C=O) groups is 4. The van der Waals surface area contributed by atoms with Gasteiger partial charge in [-0.05, 0) is 150 Å². The zero-order valence-corrected chi connectivity index (χ0v) is 45.7. The predicted octanol–water partition coefficient (Wildman–Crippen LogP) is 10.8. The number of hydrogen-bond donors (Lipinski definition) is 2. The van der Waals surface area contributed by atoms with Gasteiger partial charge in [0.25, 0.3) is 5.91 Å². The lowest BCUT2D eigenvalue weighted by atomic mass is 9.84. The topological polar surface area (TPSA) is 164 Å². The molecule has 1 unspecified atom stereocenters. The number of ether oxygens (including phenoxy) is 2. The van der Waals surface area contributed by atoms with Gasteiger partial charge in [-0.25, -0.2) is 14.8 Å². The first-order valence-electron chi connectivity index (χ1n) is 27.5. The summed E-state index contributed by atoms with van der Waals surface area (Å²) in [5, 5.41) is 11.9. The fraction of sp³-hybridized carbons (Fsp3) is 0.426. The van der Waals surface area contributed by atoms with Crippen molar-refractivity contribution in [1.82, 2.24) is 30.0 Å². The van der Waals surface area contributed by atoms with Crippen molar-refractivity contribution < 1.29 is 28.7 Å². The van der Waals surface area contributed by atoms with Crippen molar-refractivity contribution in [3.8, 4) is 16.9 Å². The molecule has 400 valence electrons. The van der Waals surface area contributed by atoms with E-state index in [1.54, 1.807) is 0 Å². The van der Waals surface area contributed by atoms with Gasteiger partial charge in [-0.15, -0.1) is 0 Å². The molecule has 0 spiro atoms. The first kappa shape index (κ1) is 51.9. The van der Waals surface area contributed by atoms with E-state index in [2.05, 4.69) is 55.4 Å². The van der Waals surface area contributed by atoms with E-state index in [1.165, 1.54) is 30.6 Å². The molecule has 1 aliphatic carbocycles. The van der Waals surface area contributed by atoms with Crippen LogP contribution in [-0.4, -0.2) is 99.3 Å². The Morgan fingerprint density at radius 2 is 1.60 bits per heavy atom. The van der Waals surface area contributed by atoms with Crippen molar-refractivity contribution in [2.75, 3.05) is 54.4 Å². The number of hydrogen-bond acceptors (Lipinski definition) is 13. The van der Waals surface area contributed by atoms with E-state index in [0.717, 1.165) is 125 Å². The fourth-order valence-electron chi connectivity index (χ4n) is 11.9. The highest BCUT2D eigenvalue weighted by atomic mass is 32.1.